The molecule has 1 aromatic rings. The number of rotatable bonds is 4. The van der Waals surface area contributed by atoms with E-state index < -0.39 is 9.84 Å². The summed E-state index contributed by atoms with van der Waals surface area (Å²) < 4.78 is 28.9. The standard InChI is InChI=1S/C15H23NO3S/c1-11-3-4-12(10-16)15(9-11)19-13-5-7-14(8-6-13)20(2,17)18/h5-8,11-12,15H,3-4,9-10,16H2,1-2H3. The maximum absolute atomic E-state index is 11.4. The number of sulfone groups is 1. The quantitative estimate of drug-likeness (QED) is 0.925. The largest absolute Gasteiger partial charge is 0.490 e. The highest BCUT2D eigenvalue weighted by atomic mass is 32.2. The van der Waals surface area contributed by atoms with Gasteiger partial charge >= 0.3 is 0 Å². The smallest absolute Gasteiger partial charge is 0.175 e. The molecular formula is C15H23NO3S. The van der Waals surface area contributed by atoms with Crippen LogP contribution in [0.1, 0.15) is 26.2 Å². The molecule has 4 nitrogen and oxygen atoms in total. The average molecular weight is 297 g/mol. The van der Waals surface area contributed by atoms with Crippen molar-refractivity contribution in [1.29, 1.82) is 0 Å². The lowest BCUT2D eigenvalue weighted by atomic mass is 9.80. The molecule has 1 aliphatic carbocycles. The van der Waals surface area contributed by atoms with Crippen LogP contribution in [0.15, 0.2) is 29.2 Å². The summed E-state index contributed by atoms with van der Waals surface area (Å²) >= 11 is 0. The zero-order chi connectivity index (χ0) is 14.8. The minimum atomic E-state index is -3.15. The minimum Gasteiger partial charge on any atom is -0.490 e. The van der Waals surface area contributed by atoms with Gasteiger partial charge in [-0.3, -0.25) is 0 Å². The molecule has 0 radical (unpaired) electrons. The fraction of sp³-hybridized carbons (Fsp3) is 0.600. The summed E-state index contributed by atoms with van der Waals surface area (Å²) in [4.78, 5) is 0.317. The highest BCUT2D eigenvalue weighted by molar-refractivity contribution is 7.90. The average Bonchev–Trinajstić information content (AvgIpc) is 2.38. The lowest BCUT2D eigenvalue weighted by Gasteiger charge is -2.34. The van der Waals surface area contributed by atoms with Crippen LogP contribution in [0.2, 0.25) is 0 Å². The van der Waals surface area contributed by atoms with Crippen molar-refractivity contribution >= 4 is 9.84 Å². The van der Waals surface area contributed by atoms with Crippen LogP contribution in [0.3, 0.4) is 0 Å². The SMILES string of the molecule is CC1CCC(CN)C(Oc2ccc(S(C)(=O)=O)cc2)C1. The van der Waals surface area contributed by atoms with Crippen molar-refractivity contribution in [3.05, 3.63) is 24.3 Å². The van der Waals surface area contributed by atoms with Gasteiger partial charge in [-0.2, -0.15) is 0 Å². The fourth-order valence-corrected chi connectivity index (χ4v) is 3.38. The molecule has 0 amide bonds. The van der Waals surface area contributed by atoms with E-state index in [1.165, 1.54) is 12.7 Å². The molecule has 3 atom stereocenters. The Bertz CT molecular complexity index is 539. The third-order valence-electron chi connectivity index (χ3n) is 4.03. The van der Waals surface area contributed by atoms with Gasteiger partial charge in [-0.25, -0.2) is 8.42 Å². The topological polar surface area (TPSA) is 69.4 Å². The second-order valence-corrected chi connectivity index (χ2v) is 7.83. The van der Waals surface area contributed by atoms with Crippen molar-refractivity contribution in [2.24, 2.45) is 17.6 Å². The molecule has 1 saturated carbocycles. The van der Waals surface area contributed by atoms with Crippen molar-refractivity contribution in [2.75, 3.05) is 12.8 Å². The Balaban J connectivity index is 2.08. The first kappa shape index (κ1) is 15.3. The van der Waals surface area contributed by atoms with E-state index in [2.05, 4.69) is 6.92 Å². The van der Waals surface area contributed by atoms with Gasteiger partial charge in [0, 0.05) is 12.2 Å². The second kappa shape index (κ2) is 6.14. The maximum atomic E-state index is 11.4. The molecule has 3 unspecified atom stereocenters. The lowest BCUT2D eigenvalue weighted by molar-refractivity contribution is 0.0741. The summed E-state index contributed by atoms with van der Waals surface area (Å²) in [5.41, 5.74) is 5.81. The molecule has 2 N–H and O–H groups in total. The van der Waals surface area contributed by atoms with E-state index in [1.54, 1.807) is 24.3 Å². The van der Waals surface area contributed by atoms with Crippen molar-refractivity contribution in [1.82, 2.24) is 0 Å². The summed E-state index contributed by atoms with van der Waals surface area (Å²) in [6, 6.07) is 6.63. The van der Waals surface area contributed by atoms with Crippen molar-refractivity contribution in [3.8, 4) is 5.75 Å². The van der Waals surface area contributed by atoms with Gasteiger partial charge in [0.25, 0.3) is 0 Å². The third-order valence-corrected chi connectivity index (χ3v) is 5.16. The van der Waals surface area contributed by atoms with Crippen LogP contribution in [0.5, 0.6) is 5.75 Å². The number of hydrogen-bond acceptors (Lipinski definition) is 4. The van der Waals surface area contributed by atoms with Gasteiger partial charge in [0.15, 0.2) is 9.84 Å². The molecule has 0 bridgehead atoms. The molecule has 5 heteroatoms. The van der Waals surface area contributed by atoms with Gasteiger partial charge in [0.1, 0.15) is 11.9 Å². The Morgan fingerprint density at radius 2 is 1.90 bits per heavy atom. The first-order valence-electron chi connectivity index (χ1n) is 7.07. The van der Waals surface area contributed by atoms with Crippen LogP contribution in [0.25, 0.3) is 0 Å². The third kappa shape index (κ3) is 3.73. The van der Waals surface area contributed by atoms with E-state index in [-0.39, 0.29) is 6.10 Å². The predicted molar refractivity (Wildman–Crippen MR) is 79.5 cm³/mol. The summed E-state index contributed by atoms with van der Waals surface area (Å²) in [6.07, 6.45) is 4.65. The van der Waals surface area contributed by atoms with Gasteiger partial charge in [0.2, 0.25) is 0 Å². The normalized spacial score (nSPS) is 27.2. The van der Waals surface area contributed by atoms with E-state index in [1.807, 2.05) is 0 Å². The van der Waals surface area contributed by atoms with Gasteiger partial charge in [-0.1, -0.05) is 13.3 Å². The van der Waals surface area contributed by atoms with E-state index in [0.717, 1.165) is 18.6 Å². The molecule has 1 aliphatic rings. The number of nitrogens with two attached hydrogens (primary N) is 1. The summed E-state index contributed by atoms with van der Waals surface area (Å²) in [5.74, 6) is 1.76. The molecule has 0 heterocycles. The molecule has 112 valence electrons. The zero-order valence-corrected chi connectivity index (χ0v) is 12.9. The molecule has 2 rings (SSSR count). The molecule has 0 spiro atoms. The van der Waals surface area contributed by atoms with Gasteiger partial charge in [-0.05, 0) is 49.6 Å². The fourth-order valence-electron chi connectivity index (χ4n) is 2.75. The number of benzene rings is 1. The van der Waals surface area contributed by atoms with Crippen LogP contribution in [-0.4, -0.2) is 27.3 Å². The first-order valence-corrected chi connectivity index (χ1v) is 8.96. The van der Waals surface area contributed by atoms with Crippen LogP contribution in [0.4, 0.5) is 0 Å². The van der Waals surface area contributed by atoms with Crippen molar-refractivity contribution < 1.29 is 13.2 Å². The summed E-state index contributed by atoms with van der Waals surface area (Å²) in [5, 5.41) is 0. The van der Waals surface area contributed by atoms with Crippen LogP contribution < -0.4 is 10.5 Å². The maximum Gasteiger partial charge on any atom is 0.175 e. The Kier molecular flexibility index (Phi) is 4.70. The van der Waals surface area contributed by atoms with E-state index in [4.69, 9.17) is 10.5 Å². The predicted octanol–water partition coefficient (Wildman–Crippen LogP) is 2.23. The van der Waals surface area contributed by atoms with Gasteiger partial charge in [-0.15, -0.1) is 0 Å². The zero-order valence-electron chi connectivity index (χ0n) is 12.1. The van der Waals surface area contributed by atoms with Crippen LogP contribution in [-0.2, 0) is 9.84 Å². The summed E-state index contributed by atoms with van der Waals surface area (Å²) in [6.45, 7) is 2.87. The number of hydrogen-bond donors (Lipinski definition) is 1. The van der Waals surface area contributed by atoms with Gasteiger partial charge in [0.05, 0.1) is 4.90 Å². The Labute approximate surface area is 121 Å². The molecule has 0 saturated heterocycles. The van der Waals surface area contributed by atoms with E-state index in [0.29, 0.717) is 23.3 Å². The Morgan fingerprint density at radius 1 is 1.25 bits per heavy atom. The Morgan fingerprint density at radius 3 is 2.45 bits per heavy atom. The summed E-state index contributed by atoms with van der Waals surface area (Å²) in [7, 11) is -3.15. The lowest BCUT2D eigenvalue weighted by Crippen LogP contribution is -2.37. The molecule has 0 aliphatic heterocycles. The molecule has 0 aromatic heterocycles. The van der Waals surface area contributed by atoms with Crippen molar-refractivity contribution in [2.45, 2.75) is 37.2 Å². The minimum absolute atomic E-state index is 0.132. The highest BCUT2D eigenvalue weighted by Crippen LogP contribution is 2.31. The van der Waals surface area contributed by atoms with E-state index in [9.17, 15) is 8.42 Å². The Hall–Kier alpha value is -1.07. The molecule has 1 fully saturated rings. The van der Waals surface area contributed by atoms with E-state index >= 15 is 0 Å². The first-order chi connectivity index (χ1) is 9.40. The monoisotopic (exact) mass is 297 g/mol. The highest BCUT2D eigenvalue weighted by Gasteiger charge is 2.29. The molecular weight excluding hydrogens is 274 g/mol. The van der Waals surface area contributed by atoms with Crippen LogP contribution >= 0.6 is 0 Å². The molecule has 20 heavy (non-hydrogen) atoms. The van der Waals surface area contributed by atoms with Gasteiger partial charge < -0.3 is 10.5 Å². The van der Waals surface area contributed by atoms with Crippen LogP contribution in [0, 0.1) is 11.8 Å². The second-order valence-electron chi connectivity index (χ2n) is 5.81. The van der Waals surface area contributed by atoms with Crippen molar-refractivity contribution in [3.63, 3.8) is 0 Å². The number of ether oxygens (including phenoxy) is 1. The molecule has 1 aromatic carbocycles.